The molecule has 0 aromatic heterocycles. The molecule has 1 fully saturated rings. The summed E-state index contributed by atoms with van der Waals surface area (Å²) in [5.41, 5.74) is 0. The van der Waals surface area contributed by atoms with Crippen LogP contribution in [-0.4, -0.2) is 51.6 Å². The molecule has 1 aliphatic heterocycles. The van der Waals surface area contributed by atoms with Crippen LogP contribution in [0, 0.1) is 5.92 Å². The van der Waals surface area contributed by atoms with E-state index < -0.39 is 30.3 Å². The van der Waals surface area contributed by atoms with Crippen LogP contribution in [0.25, 0.3) is 0 Å². The lowest BCUT2D eigenvalue weighted by Gasteiger charge is -2.32. The van der Waals surface area contributed by atoms with Gasteiger partial charge in [-0.3, -0.25) is 0 Å². The number of hydrogen-bond donors (Lipinski definition) is 3. The lowest BCUT2D eigenvalue weighted by atomic mass is 10.1. The molecular weight excluding hydrogens is 223 g/mol. The maximum atomic E-state index is 9.39. The number of rotatable bonds is 5. The summed E-state index contributed by atoms with van der Waals surface area (Å²) in [6, 6.07) is 0. The summed E-state index contributed by atoms with van der Waals surface area (Å²) in [6.45, 7) is 4.12. The van der Waals surface area contributed by atoms with Crippen LogP contribution >= 0.6 is 0 Å². The van der Waals surface area contributed by atoms with Gasteiger partial charge in [0.2, 0.25) is 0 Å². The van der Waals surface area contributed by atoms with Gasteiger partial charge in [0, 0.05) is 6.61 Å². The van der Waals surface area contributed by atoms with E-state index in [4.69, 9.17) is 13.4 Å². The summed E-state index contributed by atoms with van der Waals surface area (Å²) in [7, 11) is -3.76. The second-order valence-electron chi connectivity index (χ2n) is 3.69. The molecule has 8 heteroatoms. The highest BCUT2D eigenvalue weighted by Crippen LogP contribution is 2.16. The van der Waals surface area contributed by atoms with Gasteiger partial charge >= 0.3 is 24.2 Å². The lowest BCUT2D eigenvalue weighted by Crippen LogP contribution is -2.63. The van der Waals surface area contributed by atoms with E-state index in [1.165, 1.54) is 0 Å². The highest BCUT2D eigenvalue weighted by molar-refractivity contribution is 6.73. The molecule has 0 bridgehead atoms. The monoisotopic (exact) mass is 238 g/mol. The van der Waals surface area contributed by atoms with Crippen molar-refractivity contribution in [3.63, 3.8) is 0 Å². The maximum absolute atomic E-state index is 9.39. The lowest BCUT2D eigenvalue weighted by molar-refractivity contribution is -0.0131. The van der Waals surface area contributed by atoms with Crippen molar-refractivity contribution < 1.29 is 25.4 Å². The Balaban J connectivity index is 2.05. The quantitative estimate of drug-likeness (QED) is 0.525. The first kappa shape index (κ1) is 12.6. The first-order valence-electron chi connectivity index (χ1n) is 4.49. The minimum atomic E-state index is -3.76. The molecule has 0 aliphatic carbocycles. The second-order valence-corrected chi connectivity index (χ2v) is 7.58. The van der Waals surface area contributed by atoms with Crippen LogP contribution in [0.15, 0.2) is 0 Å². The van der Waals surface area contributed by atoms with Crippen molar-refractivity contribution in [3.8, 4) is 0 Å². The van der Waals surface area contributed by atoms with Crippen LogP contribution < -0.4 is 0 Å². The molecule has 1 aliphatic rings. The van der Waals surface area contributed by atoms with E-state index in [2.05, 4.69) is 6.96 Å². The van der Waals surface area contributed by atoms with Gasteiger partial charge in [0.15, 0.2) is 0 Å². The van der Waals surface area contributed by atoms with E-state index in [0.717, 1.165) is 0 Å². The van der Waals surface area contributed by atoms with Crippen molar-refractivity contribution in [2.24, 2.45) is 5.92 Å². The molecule has 82 valence electrons. The molecule has 0 amide bonds. The summed E-state index contributed by atoms with van der Waals surface area (Å²) < 4.78 is 14.3. The van der Waals surface area contributed by atoms with Crippen molar-refractivity contribution in [2.45, 2.75) is 26.4 Å². The summed E-state index contributed by atoms with van der Waals surface area (Å²) in [6.07, 6.45) is 0.0887. The maximum Gasteiger partial charge on any atom is 0.892 e. The highest BCUT2D eigenvalue weighted by atomic mass is 28.4. The van der Waals surface area contributed by atoms with Crippen LogP contribution in [0.5, 0.6) is 0 Å². The Kier molecular flexibility index (Phi) is 4.52. The van der Waals surface area contributed by atoms with Gasteiger partial charge in [0.25, 0.3) is 0 Å². The highest BCUT2D eigenvalue weighted by Gasteiger charge is 2.61. The zero-order valence-corrected chi connectivity index (χ0v) is 10.4. The second kappa shape index (κ2) is 5.03. The smallest absolute Gasteiger partial charge is 0.453 e. The summed E-state index contributed by atoms with van der Waals surface area (Å²) in [5.74, 6) is 0.391. The standard InChI is InChI=1S/C6H13O2.Al.H2O4Si/c1-5(2)3-6(8)4-7;;1-5(2,3)4/h5-6,8H,3-4H2,1-2H3;;1-2H/q-1;+3;-2. The zero-order chi connectivity index (χ0) is 10.8. The molecule has 1 saturated heterocycles. The van der Waals surface area contributed by atoms with Gasteiger partial charge in [-0.15, -0.1) is 0 Å². The number of aliphatic hydroxyl groups excluding tert-OH is 1. The summed E-state index contributed by atoms with van der Waals surface area (Å²) in [5, 5.41) is 9.39. The molecule has 1 rings (SSSR count). The van der Waals surface area contributed by atoms with Gasteiger partial charge in [-0.25, -0.2) is 0 Å². The number of hydrogen-bond acceptors (Lipinski definition) is 6. The molecular formula is C6H15AlO6Si. The Labute approximate surface area is 88.9 Å². The van der Waals surface area contributed by atoms with Crippen molar-refractivity contribution >= 4 is 24.2 Å². The largest absolute Gasteiger partial charge is 0.892 e. The van der Waals surface area contributed by atoms with Crippen molar-refractivity contribution in [3.05, 3.63) is 0 Å². The molecule has 3 N–H and O–H groups in total. The summed E-state index contributed by atoms with van der Waals surface area (Å²) >= 11 is -2.33. The van der Waals surface area contributed by atoms with Gasteiger partial charge in [0.05, 0.1) is 6.10 Å². The van der Waals surface area contributed by atoms with Crippen LogP contribution in [0.4, 0.5) is 0 Å². The molecule has 1 atom stereocenters. The Morgan fingerprint density at radius 3 is 2.36 bits per heavy atom. The van der Waals surface area contributed by atoms with Gasteiger partial charge in [-0.2, -0.15) is 0 Å². The topological polar surface area (TPSA) is 88.4 Å². The average Bonchev–Trinajstić information content (AvgIpc) is 1.95. The van der Waals surface area contributed by atoms with E-state index in [0.29, 0.717) is 12.3 Å². The van der Waals surface area contributed by atoms with Crippen molar-refractivity contribution in [1.82, 2.24) is 0 Å². The van der Waals surface area contributed by atoms with Crippen LogP contribution in [0.1, 0.15) is 20.3 Å². The zero-order valence-electron chi connectivity index (χ0n) is 8.21. The predicted molar refractivity (Wildman–Crippen MR) is 49.5 cm³/mol. The van der Waals surface area contributed by atoms with Crippen LogP contribution in [-0.2, 0) is 10.7 Å². The third-order valence-corrected chi connectivity index (χ3v) is 6.13. The normalized spacial score (nSPS) is 22.3. The molecule has 0 saturated carbocycles. The van der Waals surface area contributed by atoms with Crippen LogP contribution in [0.2, 0.25) is 0 Å². The average molecular weight is 238 g/mol. The van der Waals surface area contributed by atoms with E-state index in [9.17, 15) is 5.11 Å². The summed E-state index contributed by atoms with van der Waals surface area (Å²) in [4.78, 5) is 17.5. The fourth-order valence-corrected chi connectivity index (χ4v) is 4.13. The molecule has 6 nitrogen and oxygen atoms in total. The Hall–Kier alpha value is 0.509. The van der Waals surface area contributed by atoms with Gasteiger partial charge in [-0.1, -0.05) is 13.8 Å². The van der Waals surface area contributed by atoms with Crippen LogP contribution in [0.3, 0.4) is 0 Å². The molecule has 0 spiro atoms. The molecule has 0 radical (unpaired) electrons. The minimum Gasteiger partial charge on any atom is -0.453 e. The SMILES string of the molecule is CC(C)CC(O)C[O][Al]1[O][Si](O)(O)[O]1. The Morgan fingerprint density at radius 1 is 1.36 bits per heavy atom. The fourth-order valence-electron chi connectivity index (χ4n) is 1.13. The Bertz CT molecular complexity index is 176. The molecule has 1 heterocycles. The number of aliphatic hydroxyl groups is 1. The minimum absolute atomic E-state index is 0.125. The van der Waals surface area contributed by atoms with E-state index in [-0.39, 0.29) is 6.61 Å². The third kappa shape index (κ3) is 4.35. The van der Waals surface area contributed by atoms with Crippen molar-refractivity contribution in [1.29, 1.82) is 0 Å². The van der Waals surface area contributed by atoms with Gasteiger partial charge in [-0.05, 0) is 12.3 Å². The predicted octanol–water partition coefficient (Wildman–Crippen LogP) is -1.14. The van der Waals surface area contributed by atoms with Gasteiger partial charge < -0.3 is 25.4 Å². The molecule has 1 unspecified atom stereocenters. The fraction of sp³-hybridized carbons (Fsp3) is 1.00. The van der Waals surface area contributed by atoms with E-state index in [1.54, 1.807) is 0 Å². The van der Waals surface area contributed by atoms with E-state index >= 15 is 0 Å². The molecule has 0 aromatic rings. The van der Waals surface area contributed by atoms with Gasteiger partial charge in [0.1, 0.15) is 0 Å². The molecule has 0 aromatic carbocycles. The van der Waals surface area contributed by atoms with Crippen molar-refractivity contribution in [2.75, 3.05) is 6.61 Å². The first-order chi connectivity index (χ1) is 6.39. The molecule has 14 heavy (non-hydrogen) atoms. The van der Waals surface area contributed by atoms with E-state index in [1.807, 2.05) is 13.8 Å². The third-order valence-electron chi connectivity index (χ3n) is 1.67. The Morgan fingerprint density at radius 2 is 1.93 bits per heavy atom. The first-order valence-corrected chi connectivity index (χ1v) is 7.61.